The summed E-state index contributed by atoms with van der Waals surface area (Å²) < 4.78 is 5.55. The van der Waals surface area contributed by atoms with E-state index in [1.165, 1.54) is 19.3 Å². The number of nitrogens with zero attached hydrogens (tertiary/aromatic N) is 1. The molecule has 0 aromatic heterocycles. The number of aliphatic carboxylic acids is 1. The molecule has 4 aliphatic carbocycles. The van der Waals surface area contributed by atoms with Gasteiger partial charge in [0.15, 0.2) is 0 Å². The van der Waals surface area contributed by atoms with E-state index < -0.39 is 5.97 Å². The van der Waals surface area contributed by atoms with Crippen LogP contribution >= 0.6 is 0 Å². The first-order chi connectivity index (χ1) is 11.2. The highest BCUT2D eigenvalue weighted by molar-refractivity contribution is 5.84. The molecule has 1 N–H and O–H groups in total. The summed E-state index contributed by atoms with van der Waals surface area (Å²) in [4.78, 5) is 26.4. The number of hydrogen-bond donors (Lipinski definition) is 1. The van der Waals surface area contributed by atoms with Crippen molar-refractivity contribution >= 4 is 11.9 Å². The maximum Gasteiger partial charge on any atom is 0.306 e. The fraction of sp³-hybridized carbons (Fsp3) is 0.895. The zero-order valence-electron chi connectivity index (χ0n) is 14.8. The molecule has 0 aromatic carbocycles. The summed E-state index contributed by atoms with van der Waals surface area (Å²) >= 11 is 0. The first-order valence-electron chi connectivity index (χ1n) is 9.34. The molecule has 1 saturated heterocycles. The molecule has 5 fully saturated rings. The second-order valence-corrected chi connectivity index (χ2v) is 9.75. The molecule has 5 heteroatoms. The average Bonchev–Trinajstić information content (AvgIpc) is 2.42. The quantitative estimate of drug-likeness (QED) is 0.861. The van der Waals surface area contributed by atoms with Crippen molar-refractivity contribution in [3.05, 3.63) is 0 Å². The number of carbonyl (C=O) groups excluding carboxylic acids is 1. The summed E-state index contributed by atoms with van der Waals surface area (Å²) in [7, 11) is 0. The zero-order valence-corrected chi connectivity index (χ0v) is 14.8. The Bertz CT molecular complexity index is 556. The third-order valence-electron chi connectivity index (χ3n) is 6.91. The molecule has 1 aliphatic heterocycles. The highest BCUT2D eigenvalue weighted by Gasteiger charge is 2.63. The second kappa shape index (κ2) is 5.20. The molecule has 5 nitrogen and oxygen atoms in total. The highest BCUT2D eigenvalue weighted by Crippen LogP contribution is 2.69. The van der Waals surface area contributed by atoms with E-state index in [1.54, 1.807) is 0 Å². The monoisotopic (exact) mass is 335 g/mol. The van der Waals surface area contributed by atoms with Crippen LogP contribution in [0.5, 0.6) is 0 Å². The van der Waals surface area contributed by atoms with Gasteiger partial charge in [-0.3, -0.25) is 9.59 Å². The van der Waals surface area contributed by atoms with Gasteiger partial charge in [-0.2, -0.15) is 0 Å². The molecule has 0 spiro atoms. The number of morpholine rings is 1. The first kappa shape index (κ1) is 16.4. The van der Waals surface area contributed by atoms with E-state index in [2.05, 4.69) is 13.8 Å². The van der Waals surface area contributed by atoms with Gasteiger partial charge in [0.25, 0.3) is 0 Å². The van der Waals surface area contributed by atoms with Gasteiger partial charge >= 0.3 is 5.97 Å². The van der Waals surface area contributed by atoms with E-state index in [9.17, 15) is 9.59 Å². The number of hydrogen-bond acceptors (Lipinski definition) is 3. The van der Waals surface area contributed by atoms with Crippen molar-refractivity contribution in [2.24, 2.45) is 22.2 Å². The molecular weight excluding hydrogens is 306 g/mol. The number of amides is 1. The minimum absolute atomic E-state index is 0.0190. The van der Waals surface area contributed by atoms with Crippen LogP contribution in [-0.4, -0.2) is 47.7 Å². The van der Waals surface area contributed by atoms with Crippen molar-refractivity contribution in [3.8, 4) is 0 Å². The van der Waals surface area contributed by atoms with Gasteiger partial charge in [0.1, 0.15) is 0 Å². The average molecular weight is 335 g/mol. The van der Waals surface area contributed by atoms with Crippen molar-refractivity contribution in [1.82, 2.24) is 4.90 Å². The molecular formula is C19H29NO4. The Balaban J connectivity index is 1.54. The largest absolute Gasteiger partial charge is 0.481 e. The summed E-state index contributed by atoms with van der Waals surface area (Å²) in [6, 6.07) is 0. The summed E-state index contributed by atoms with van der Waals surface area (Å²) in [5.74, 6) is 0.114. The topological polar surface area (TPSA) is 66.8 Å². The van der Waals surface area contributed by atoms with Crippen LogP contribution in [0, 0.1) is 22.2 Å². The van der Waals surface area contributed by atoms with Crippen molar-refractivity contribution in [1.29, 1.82) is 0 Å². The molecule has 24 heavy (non-hydrogen) atoms. The van der Waals surface area contributed by atoms with Gasteiger partial charge in [0.2, 0.25) is 5.91 Å². The molecule has 1 heterocycles. The minimum atomic E-state index is -0.857. The van der Waals surface area contributed by atoms with Gasteiger partial charge in [-0.1, -0.05) is 13.8 Å². The Labute approximate surface area is 143 Å². The first-order valence-corrected chi connectivity index (χ1v) is 9.34. The lowest BCUT2D eigenvalue weighted by Gasteiger charge is -2.65. The fourth-order valence-electron chi connectivity index (χ4n) is 7.24. The standard InChI is InChI=1S/C19H29NO4/c1-17-6-13-7-18(2,10-17)12-19(8-13,11-17)16(23)20-3-4-24-14(9-20)5-15(21)22/h13-14H,3-12H2,1-2H3,(H,21,22)/t13?,14-,17-,18+,19?/m0/s1. The summed E-state index contributed by atoms with van der Waals surface area (Å²) in [6.07, 6.45) is 6.52. The van der Waals surface area contributed by atoms with E-state index in [0.29, 0.717) is 36.4 Å². The maximum absolute atomic E-state index is 13.5. The normalized spacial score (nSPS) is 47.0. The third kappa shape index (κ3) is 2.65. The van der Waals surface area contributed by atoms with E-state index >= 15 is 0 Å². The molecule has 0 radical (unpaired) electrons. The third-order valence-corrected chi connectivity index (χ3v) is 6.91. The lowest BCUT2D eigenvalue weighted by molar-refractivity contribution is -0.184. The van der Waals surface area contributed by atoms with Crippen molar-refractivity contribution in [2.75, 3.05) is 19.7 Å². The van der Waals surface area contributed by atoms with Crippen LogP contribution < -0.4 is 0 Å². The zero-order chi connectivity index (χ0) is 17.2. The highest BCUT2D eigenvalue weighted by atomic mass is 16.5. The summed E-state index contributed by atoms with van der Waals surface area (Å²) in [6.45, 7) is 6.26. The van der Waals surface area contributed by atoms with Gasteiger partial charge in [-0.25, -0.2) is 0 Å². The molecule has 5 rings (SSSR count). The van der Waals surface area contributed by atoms with Crippen LogP contribution in [0.25, 0.3) is 0 Å². The van der Waals surface area contributed by atoms with Crippen LogP contribution in [-0.2, 0) is 14.3 Å². The number of ether oxygens (including phenoxy) is 1. The van der Waals surface area contributed by atoms with Crippen LogP contribution in [0.4, 0.5) is 0 Å². The van der Waals surface area contributed by atoms with Gasteiger partial charge in [-0.15, -0.1) is 0 Å². The van der Waals surface area contributed by atoms with Crippen molar-refractivity contribution in [3.63, 3.8) is 0 Å². The Morgan fingerprint density at radius 3 is 2.38 bits per heavy atom. The van der Waals surface area contributed by atoms with Crippen molar-refractivity contribution in [2.45, 2.75) is 64.9 Å². The van der Waals surface area contributed by atoms with Crippen LogP contribution in [0.1, 0.15) is 58.8 Å². The SMILES string of the molecule is C[C@]12CC3CC(C(=O)N4CCO[C@@H](CC(=O)O)C4)(C1)C[C@@](C)(C3)C2. The molecule has 1 amide bonds. The minimum Gasteiger partial charge on any atom is -0.481 e. The van der Waals surface area contributed by atoms with Crippen LogP contribution in [0.3, 0.4) is 0 Å². The maximum atomic E-state index is 13.5. The fourth-order valence-corrected chi connectivity index (χ4v) is 7.24. The molecule has 4 saturated carbocycles. The van der Waals surface area contributed by atoms with Crippen molar-refractivity contribution < 1.29 is 19.4 Å². The molecule has 0 aromatic rings. The number of carboxylic acid groups (broad SMARTS) is 1. The molecule has 4 bridgehead atoms. The molecule has 2 unspecified atom stereocenters. The Morgan fingerprint density at radius 1 is 1.12 bits per heavy atom. The molecule has 134 valence electrons. The predicted molar refractivity (Wildman–Crippen MR) is 88.4 cm³/mol. The van der Waals surface area contributed by atoms with E-state index in [-0.39, 0.29) is 23.8 Å². The number of carboxylic acids is 1. The smallest absolute Gasteiger partial charge is 0.306 e. The van der Waals surface area contributed by atoms with E-state index in [1.807, 2.05) is 4.90 Å². The number of rotatable bonds is 3. The lowest BCUT2D eigenvalue weighted by Crippen LogP contribution is -2.61. The number of carbonyl (C=O) groups is 2. The summed E-state index contributed by atoms with van der Waals surface area (Å²) in [5.41, 5.74) is 0.432. The Kier molecular flexibility index (Phi) is 3.55. The Morgan fingerprint density at radius 2 is 1.79 bits per heavy atom. The summed E-state index contributed by atoms with van der Waals surface area (Å²) in [5, 5.41) is 9.00. The van der Waals surface area contributed by atoms with Crippen LogP contribution in [0.15, 0.2) is 0 Å². The van der Waals surface area contributed by atoms with E-state index in [0.717, 1.165) is 19.3 Å². The van der Waals surface area contributed by atoms with Gasteiger partial charge in [0, 0.05) is 13.1 Å². The molecule has 5 atom stereocenters. The lowest BCUT2D eigenvalue weighted by atomic mass is 9.40. The van der Waals surface area contributed by atoms with Crippen LogP contribution in [0.2, 0.25) is 0 Å². The molecule has 5 aliphatic rings. The van der Waals surface area contributed by atoms with Gasteiger partial charge < -0.3 is 14.7 Å². The van der Waals surface area contributed by atoms with Gasteiger partial charge in [0.05, 0.1) is 24.5 Å². The van der Waals surface area contributed by atoms with Gasteiger partial charge in [-0.05, 0) is 55.3 Å². The van der Waals surface area contributed by atoms with E-state index in [4.69, 9.17) is 9.84 Å². The predicted octanol–water partition coefficient (Wildman–Crippen LogP) is 2.69. The Hall–Kier alpha value is -1.10. The second-order valence-electron chi connectivity index (χ2n) is 9.75.